The van der Waals surface area contributed by atoms with Gasteiger partial charge in [-0.05, 0) is 12.1 Å². The fraction of sp³-hybridized carbons (Fsp3) is 0.394. The van der Waals surface area contributed by atoms with Crippen molar-refractivity contribution >= 4 is 40.8 Å². The van der Waals surface area contributed by atoms with Gasteiger partial charge in [-0.1, -0.05) is 41.5 Å². The maximum absolute atomic E-state index is 14.1. The van der Waals surface area contributed by atoms with Crippen LogP contribution in [0.4, 0.5) is 0 Å². The van der Waals surface area contributed by atoms with Gasteiger partial charge in [0.2, 0.25) is 16.9 Å². The molecule has 252 valence electrons. The van der Waals surface area contributed by atoms with E-state index in [-0.39, 0.29) is 83.8 Å². The van der Waals surface area contributed by atoms with E-state index in [2.05, 4.69) is 0 Å². The molecule has 3 rings (SSSR count). The number of fused-ring (bicyclic) bond motifs is 1. The molecule has 0 saturated heterocycles. The van der Waals surface area contributed by atoms with E-state index in [1.165, 1.54) is 45.9 Å². The predicted molar refractivity (Wildman–Crippen MR) is 164 cm³/mol. The zero-order valence-corrected chi connectivity index (χ0v) is 26.9. The highest BCUT2D eigenvalue weighted by Crippen LogP contribution is 2.45. The lowest BCUT2D eigenvalue weighted by molar-refractivity contribution is -0.137. The monoisotopic (exact) mass is 656 g/mol. The maximum Gasteiger partial charge on any atom is 0.311 e. The highest BCUT2D eigenvalue weighted by atomic mass is 16.6. The molecule has 0 bridgehead atoms. The molecule has 1 unspecified atom stereocenters. The molecule has 3 aromatic rings. The largest absolute Gasteiger partial charge is 0.461 e. The fourth-order valence-electron chi connectivity index (χ4n) is 3.83. The van der Waals surface area contributed by atoms with Crippen molar-refractivity contribution in [3.8, 4) is 45.8 Å². The minimum Gasteiger partial charge on any atom is -0.461 e. The molecule has 1 heterocycles. The highest BCUT2D eigenvalue weighted by Gasteiger charge is 2.28. The normalized spacial score (nSPS) is 11.4. The van der Waals surface area contributed by atoms with Crippen LogP contribution in [0.2, 0.25) is 0 Å². The van der Waals surface area contributed by atoms with Crippen molar-refractivity contribution < 1.29 is 61.9 Å². The minimum atomic E-state index is -1.41. The SMILES string of the molecule is CCC(=O)Oc1cc(OC(=O)CC)c2c(=O)c(OC(=O)CC)c(-c3cc(OC(=O)CC)c(OC(=O)CC)c(OC(O)CC)c3)oc2c1. The van der Waals surface area contributed by atoms with Crippen molar-refractivity contribution in [2.45, 2.75) is 86.4 Å². The van der Waals surface area contributed by atoms with Gasteiger partial charge in [0.25, 0.3) is 0 Å². The summed E-state index contributed by atoms with van der Waals surface area (Å²) in [6, 6.07) is 4.76. The van der Waals surface area contributed by atoms with Crippen molar-refractivity contribution in [3.05, 3.63) is 34.5 Å². The zero-order valence-electron chi connectivity index (χ0n) is 26.9. The molecule has 47 heavy (non-hydrogen) atoms. The molecule has 0 saturated carbocycles. The predicted octanol–water partition coefficient (Wildman–Crippen LogP) is 5.14. The first kappa shape index (κ1) is 36.2. The first-order chi connectivity index (χ1) is 22.4. The van der Waals surface area contributed by atoms with E-state index in [4.69, 9.17) is 32.8 Å². The molecule has 0 fully saturated rings. The lowest BCUT2D eigenvalue weighted by Crippen LogP contribution is -2.18. The summed E-state index contributed by atoms with van der Waals surface area (Å²) < 4.78 is 38.7. The standard InChI is InChI=1S/C33H36O14/c1-7-23(34)41-18-15-19(42-24(35)8-2)29-20(16-18)45-31(33(30(29)40)47-28(39)12-6)17-13-21(43-25(36)9-3)32(46-27(38)11-5)22(14-17)44-26(37)10-4/h13-16,25,36H,7-12H2,1-6H3. The van der Waals surface area contributed by atoms with Gasteiger partial charge in [-0.3, -0.25) is 28.8 Å². The summed E-state index contributed by atoms with van der Waals surface area (Å²) in [6.07, 6.45) is -1.67. The van der Waals surface area contributed by atoms with Gasteiger partial charge >= 0.3 is 29.8 Å². The van der Waals surface area contributed by atoms with E-state index < -0.39 is 53.1 Å². The van der Waals surface area contributed by atoms with Crippen LogP contribution in [0, 0.1) is 0 Å². The molecule has 0 aliphatic carbocycles. The van der Waals surface area contributed by atoms with Crippen molar-refractivity contribution in [1.82, 2.24) is 0 Å². The van der Waals surface area contributed by atoms with E-state index in [0.29, 0.717) is 0 Å². The summed E-state index contributed by atoms with van der Waals surface area (Å²) in [5.74, 6) is -6.08. The first-order valence-electron chi connectivity index (χ1n) is 15.1. The topological polar surface area (TPSA) is 191 Å². The average Bonchev–Trinajstić information content (AvgIpc) is 3.06. The molecule has 14 nitrogen and oxygen atoms in total. The summed E-state index contributed by atoms with van der Waals surface area (Å²) >= 11 is 0. The summed E-state index contributed by atoms with van der Waals surface area (Å²) in [6.45, 7) is 9.25. The van der Waals surface area contributed by atoms with Gasteiger partial charge < -0.3 is 37.9 Å². The van der Waals surface area contributed by atoms with E-state index in [0.717, 1.165) is 6.07 Å². The Labute approximate surface area is 269 Å². The van der Waals surface area contributed by atoms with Crippen molar-refractivity contribution in [1.29, 1.82) is 0 Å². The summed E-state index contributed by atoms with van der Waals surface area (Å²) in [7, 11) is 0. The van der Waals surface area contributed by atoms with E-state index >= 15 is 0 Å². The summed E-state index contributed by atoms with van der Waals surface area (Å²) in [4.78, 5) is 75.8. The molecule has 2 aromatic carbocycles. The number of aliphatic hydroxyl groups is 1. The molecule has 1 N–H and O–H groups in total. The van der Waals surface area contributed by atoms with Gasteiger partial charge in [0.15, 0.2) is 23.5 Å². The second-order valence-corrected chi connectivity index (χ2v) is 9.80. The van der Waals surface area contributed by atoms with Gasteiger partial charge in [-0.2, -0.15) is 0 Å². The second kappa shape index (κ2) is 16.4. The number of hydrogen-bond acceptors (Lipinski definition) is 14. The van der Waals surface area contributed by atoms with Crippen molar-refractivity contribution in [3.63, 3.8) is 0 Å². The van der Waals surface area contributed by atoms with E-state index in [9.17, 15) is 33.9 Å². The van der Waals surface area contributed by atoms with Crippen LogP contribution in [-0.2, 0) is 24.0 Å². The van der Waals surface area contributed by atoms with E-state index in [1.807, 2.05) is 0 Å². The number of esters is 5. The summed E-state index contributed by atoms with van der Waals surface area (Å²) in [5, 5.41) is 10.0. The Morgan fingerprint density at radius 1 is 0.638 bits per heavy atom. The quantitative estimate of drug-likeness (QED) is 0.136. The highest BCUT2D eigenvalue weighted by molar-refractivity contribution is 5.92. The van der Waals surface area contributed by atoms with Crippen LogP contribution in [0.5, 0.6) is 34.5 Å². The van der Waals surface area contributed by atoms with Crippen LogP contribution in [0.25, 0.3) is 22.3 Å². The molecular formula is C33H36O14. The van der Waals surface area contributed by atoms with Crippen LogP contribution < -0.4 is 33.8 Å². The molecular weight excluding hydrogens is 620 g/mol. The molecule has 0 radical (unpaired) electrons. The Hall–Kier alpha value is -5.24. The van der Waals surface area contributed by atoms with Crippen LogP contribution in [-0.4, -0.2) is 41.2 Å². The minimum absolute atomic E-state index is 0.00379. The number of aliphatic hydroxyl groups excluding tert-OH is 1. The average molecular weight is 657 g/mol. The Morgan fingerprint density at radius 2 is 1.13 bits per heavy atom. The van der Waals surface area contributed by atoms with Gasteiger partial charge in [-0.15, -0.1) is 0 Å². The Morgan fingerprint density at radius 3 is 1.68 bits per heavy atom. The number of carbonyl (C=O) groups is 5. The maximum atomic E-state index is 14.1. The molecule has 0 amide bonds. The smallest absolute Gasteiger partial charge is 0.311 e. The van der Waals surface area contributed by atoms with Gasteiger partial charge in [-0.25, -0.2) is 0 Å². The third-order valence-corrected chi connectivity index (χ3v) is 6.34. The Balaban J connectivity index is 2.49. The Bertz CT molecular complexity index is 1740. The number of rotatable bonds is 14. The van der Waals surface area contributed by atoms with Crippen molar-refractivity contribution in [2.24, 2.45) is 0 Å². The second-order valence-electron chi connectivity index (χ2n) is 9.80. The molecule has 0 aliphatic heterocycles. The number of carbonyl (C=O) groups excluding carboxylic acids is 5. The van der Waals surface area contributed by atoms with Crippen LogP contribution in [0.1, 0.15) is 80.1 Å². The third kappa shape index (κ3) is 8.94. The lowest BCUT2D eigenvalue weighted by atomic mass is 10.1. The zero-order chi connectivity index (χ0) is 34.8. The van der Waals surface area contributed by atoms with Crippen LogP contribution in [0.15, 0.2) is 33.5 Å². The van der Waals surface area contributed by atoms with Crippen LogP contribution >= 0.6 is 0 Å². The van der Waals surface area contributed by atoms with Crippen LogP contribution in [0.3, 0.4) is 0 Å². The third-order valence-electron chi connectivity index (χ3n) is 6.34. The Kier molecular flexibility index (Phi) is 12.6. The molecule has 1 atom stereocenters. The lowest BCUT2D eigenvalue weighted by Gasteiger charge is -2.19. The van der Waals surface area contributed by atoms with Gasteiger partial charge in [0.1, 0.15) is 22.5 Å². The molecule has 14 heteroatoms. The van der Waals surface area contributed by atoms with Gasteiger partial charge in [0.05, 0.1) is 0 Å². The first-order valence-corrected chi connectivity index (χ1v) is 15.1. The van der Waals surface area contributed by atoms with Crippen molar-refractivity contribution in [2.75, 3.05) is 0 Å². The fourth-order valence-corrected chi connectivity index (χ4v) is 3.83. The number of benzene rings is 2. The summed E-state index contributed by atoms with van der Waals surface area (Å²) in [5.41, 5.74) is -1.27. The number of hydrogen-bond donors (Lipinski definition) is 1. The van der Waals surface area contributed by atoms with Gasteiger partial charge in [0, 0.05) is 56.2 Å². The van der Waals surface area contributed by atoms with E-state index in [1.54, 1.807) is 13.8 Å². The molecule has 1 aromatic heterocycles. The molecule has 0 spiro atoms. The molecule has 0 aliphatic rings. The number of ether oxygens (including phenoxy) is 6.